The summed E-state index contributed by atoms with van der Waals surface area (Å²) in [5.41, 5.74) is 0. The van der Waals surface area contributed by atoms with Crippen molar-refractivity contribution in [2.24, 2.45) is 0 Å². The lowest BCUT2D eigenvalue weighted by molar-refractivity contribution is 0.206. The summed E-state index contributed by atoms with van der Waals surface area (Å²) in [5.74, 6) is 0. The molecule has 40 valence electrons. The van der Waals surface area contributed by atoms with Gasteiger partial charge in [-0.05, 0) is 0 Å². The van der Waals surface area contributed by atoms with E-state index in [0.717, 1.165) is 6.42 Å². The van der Waals surface area contributed by atoms with Crippen molar-refractivity contribution in [2.45, 2.75) is 26.4 Å². The van der Waals surface area contributed by atoms with Gasteiger partial charge in [-0.3, -0.25) is 0 Å². The molecule has 0 saturated heterocycles. The molecule has 1 N–H and O–H groups in total. The van der Waals surface area contributed by atoms with Crippen LogP contribution in [0.4, 0.5) is 0 Å². The maximum absolute atomic E-state index is 8.77. The highest BCUT2D eigenvalue weighted by Crippen LogP contribution is 1.96. The molecule has 0 aliphatic rings. The highest BCUT2D eigenvalue weighted by atomic mass is 16.3. The second-order valence-corrected chi connectivity index (χ2v) is 1.54. The summed E-state index contributed by atoms with van der Waals surface area (Å²) in [5, 5.41) is 8.77. The van der Waals surface area contributed by atoms with E-state index in [9.17, 15) is 0 Å². The lowest BCUT2D eigenvalue weighted by atomic mass is 10.2. The zero-order valence-electron chi connectivity index (χ0n) is 4.89. The lowest BCUT2D eigenvalue weighted by Gasteiger charge is -1.87. The molecule has 7 heavy (non-hydrogen) atoms. The van der Waals surface area contributed by atoms with Gasteiger partial charge in [0, 0.05) is 0 Å². The van der Waals surface area contributed by atoms with E-state index in [1.165, 1.54) is 0 Å². The average Bonchev–Trinajstić information content (AvgIpc) is 1.68. The van der Waals surface area contributed by atoms with Crippen molar-refractivity contribution >= 4 is 0 Å². The molecule has 0 spiro atoms. The van der Waals surface area contributed by atoms with Gasteiger partial charge >= 0.3 is 0 Å². The molecule has 0 rings (SSSR count). The Hall–Kier alpha value is -0.300. The van der Waals surface area contributed by atoms with Crippen molar-refractivity contribution in [1.82, 2.24) is 0 Å². The fourth-order valence-corrected chi connectivity index (χ4v) is 0.378. The van der Waals surface area contributed by atoms with E-state index in [1.807, 2.05) is 20.3 Å². The van der Waals surface area contributed by atoms with Crippen molar-refractivity contribution in [3.63, 3.8) is 0 Å². The average molecular weight is 100 g/mol. The number of hydrogen-bond donors (Lipinski definition) is 1. The van der Waals surface area contributed by atoms with Gasteiger partial charge < -0.3 is 5.11 Å². The first kappa shape index (κ1) is 6.70. The van der Waals surface area contributed by atoms with Crippen LogP contribution in [0.3, 0.4) is 0 Å². The number of aliphatic hydroxyl groups is 1. The number of hydrogen-bond acceptors (Lipinski definition) is 1. The molecule has 0 aliphatic heterocycles. The van der Waals surface area contributed by atoms with Gasteiger partial charge in [0.15, 0.2) is 6.42 Å². The van der Waals surface area contributed by atoms with E-state index in [1.54, 1.807) is 6.42 Å². The molecule has 0 fully saturated rings. The van der Waals surface area contributed by atoms with Crippen LogP contribution in [-0.2, 0) is 0 Å². The Balaban J connectivity index is 2.83. The third-order valence-corrected chi connectivity index (χ3v) is 0.862. The summed E-state index contributed by atoms with van der Waals surface area (Å²) < 4.78 is 0. The topological polar surface area (TPSA) is 20.2 Å². The fourth-order valence-electron chi connectivity index (χ4n) is 0.378. The van der Waals surface area contributed by atoms with Gasteiger partial charge in [-0.15, -0.1) is 0 Å². The van der Waals surface area contributed by atoms with E-state index < -0.39 is 0 Å². The number of aliphatic hydroxyl groups excluding tert-OH is 1. The summed E-state index contributed by atoms with van der Waals surface area (Å²) in [4.78, 5) is 0. The summed E-state index contributed by atoms with van der Waals surface area (Å²) >= 11 is 0. The van der Waals surface area contributed by atoms with Gasteiger partial charge in [-0.2, -0.15) is 0 Å². The van der Waals surface area contributed by atoms with Crippen LogP contribution in [0.15, 0.2) is 0 Å². The summed E-state index contributed by atoms with van der Waals surface area (Å²) in [7, 11) is 0. The van der Waals surface area contributed by atoms with Crippen molar-refractivity contribution in [3.05, 3.63) is 12.8 Å². The standard InChI is InChI=1S/C6H12O/c1-3-5-6(7)4-2/h3-4,6-7H,5H2,1-2H3/q+2. The Morgan fingerprint density at radius 2 is 2.14 bits per heavy atom. The first-order valence-corrected chi connectivity index (χ1v) is 2.56. The van der Waals surface area contributed by atoms with Crippen molar-refractivity contribution in [1.29, 1.82) is 0 Å². The summed E-state index contributed by atoms with van der Waals surface area (Å²) in [6.45, 7) is 3.79. The first-order valence-electron chi connectivity index (χ1n) is 2.56. The Morgan fingerprint density at radius 1 is 1.57 bits per heavy atom. The maximum Gasteiger partial charge on any atom is 0.234 e. The molecule has 1 nitrogen and oxygen atoms in total. The highest BCUT2D eigenvalue weighted by Gasteiger charge is 2.10. The molecule has 0 heterocycles. The normalized spacial score (nSPS) is 13.0. The van der Waals surface area contributed by atoms with Crippen molar-refractivity contribution < 1.29 is 5.11 Å². The quantitative estimate of drug-likeness (QED) is 0.528. The molecular weight excluding hydrogens is 88.1 g/mol. The summed E-state index contributed by atoms with van der Waals surface area (Å²) in [6.07, 6.45) is 4.27. The van der Waals surface area contributed by atoms with Gasteiger partial charge in [-0.1, -0.05) is 0 Å². The van der Waals surface area contributed by atoms with E-state index >= 15 is 0 Å². The minimum Gasteiger partial charge on any atom is -0.350 e. The smallest absolute Gasteiger partial charge is 0.234 e. The highest BCUT2D eigenvalue weighted by molar-refractivity contribution is 4.74. The van der Waals surface area contributed by atoms with Crippen LogP contribution in [0.25, 0.3) is 0 Å². The molecule has 0 aromatic carbocycles. The van der Waals surface area contributed by atoms with Crippen molar-refractivity contribution in [2.75, 3.05) is 0 Å². The first-order chi connectivity index (χ1) is 3.31. The monoisotopic (exact) mass is 100 g/mol. The van der Waals surface area contributed by atoms with Gasteiger partial charge in [0.05, 0.1) is 20.3 Å². The molecule has 1 heteroatoms. The van der Waals surface area contributed by atoms with Crippen LogP contribution in [0.5, 0.6) is 0 Å². The Kier molecular flexibility index (Phi) is 3.71. The minimum absolute atomic E-state index is 0.231. The molecule has 0 amide bonds. The molecule has 1 unspecified atom stereocenters. The Bertz CT molecular complexity index is 35.2. The molecule has 1 atom stereocenters. The lowest BCUT2D eigenvalue weighted by Crippen LogP contribution is -2.03. The van der Waals surface area contributed by atoms with Crippen molar-refractivity contribution in [3.8, 4) is 0 Å². The molecule has 0 aromatic heterocycles. The molecule has 0 radical (unpaired) electrons. The Labute approximate surface area is 45.4 Å². The summed E-state index contributed by atoms with van der Waals surface area (Å²) in [6, 6.07) is 0. The second-order valence-electron chi connectivity index (χ2n) is 1.54. The predicted molar refractivity (Wildman–Crippen MR) is 30.6 cm³/mol. The van der Waals surface area contributed by atoms with Gasteiger partial charge in [0.25, 0.3) is 0 Å². The van der Waals surface area contributed by atoms with E-state index in [2.05, 4.69) is 0 Å². The number of rotatable bonds is 3. The SMILES string of the molecule is C[CH+]CC(O)[CH+]C. The van der Waals surface area contributed by atoms with E-state index in [-0.39, 0.29) is 6.10 Å². The largest absolute Gasteiger partial charge is 0.350 e. The van der Waals surface area contributed by atoms with Crippen LogP contribution in [0, 0.1) is 12.8 Å². The van der Waals surface area contributed by atoms with E-state index in [4.69, 9.17) is 5.11 Å². The molecule has 0 bridgehead atoms. The second kappa shape index (κ2) is 3.88. The van der Waals surface area contributed by atoms with Gasteiger partial charge in [-0.25, -0.2) is 0 Å². The van der Waals surface area contributed by atoms with Crippen LogP contribution in [0.1, 0.15) is 20.3 Å². The zero-order chi connectivity index (χ0) is 5.70. The van der Waals surface area contributed by atoms with Crippen LogP contribution in [0.2, 0.25) is 0 Å². The maximum atomic E-state index is 8.77. The predicted octanol–water partition coefficient (Wildman–Crippen LogP) is 1.19. The molecule has 0 aromatic rings. The molecular formula is C6H12O+2. The third kappa shape index (κ3) is 3.53. The van der Waals surface area contributed by atoms with E-state index in [0.29, 0.717) is 0 Å². The zero-order valence-corrected chi connectivity index (χ0v) is 4.89. The third-order valence-electron chi connectivity index (χ3n) is 0.862. The Morgan fingerprint density at radius 3 is 2.29 bits per heavy atom. The van der Waals surface area contributed by atoms with Crippen LogP contribution < -0.4 is 0 Å². The van der Waals surface area contributed by atoms with Gasteiger partial charge in [0.1, 0.15) is 6.42 Å². The molecule has 0 saturated carbocycles. The fraction of sp³-hybridized carbons (Fsp3) is 0.667. The van der Waals surface area contributed by atoms with Crippen LogP contribution >= 0.6 is 0 Å². The van der Waals surface area contributed by atoms with Gasteiger partial charge in [0.2, 0.25) is 6.10 Å². The van der Waals surface area contributed by atoms with Crippen LogP contribution in [-0.4, -0.2) is 11.2 Å². The minimum atomic E-state index is -0.231. The molecule has 0 aliphatic carbocycles.